The molecule has 1 saturated carbocycles. The van der Waals surface area contributed by atoms with Crippen LogP contribution < -0.4 is 22.7 Å². The van der Waals surface area contributed by atoms with Gasteiger partial charge in [-0.2, -0.15) is 4.57 Å². The first-order valence-electron chi connectivity index (χ1n) is 11.5. The van der Waals surface area contributed by atoms with E-state index in [1.54, 1.807) is 17.5 Å². The number of thiazole rings is 1. The van der Waals surface area contributed by atoms with Crippen LogP contribution in [0, 0.1) is 13.8 Å². The number of hydrogen-bond acceptors (Lipinski definition) is 10. The van der Waals surface area contributed by atoms with Crippen molar-refractivity contribution in [2.45, 2.75) is 58.9 Å². The van der Waals surface area contributed by atoms with Crippen molar-refractivity contribution in [1.29, 1.82) is 0 Å². The molecule has 264 valence electrons. The highest BCUT2D eigenvalue weighted by molar-refractivity contribution is 7.31. The SMILES string of the molecule is C1CCCC1.Cc1ncc(C[n+]2csc(CCO)c2C)c(N)n1.O=[PH](O)O.O=[PH](O)O.O=[PH](O)O.O=[PH](O)O.O=[PH](O)O.[Cl-]. The van der Waals surface area contributed by atoms with Crippen LogP contribution in [0.4, 0.5) is 5.82 Å². The van der Waals surface area contributed by atoms with Crippen LogP contribution in [0.25, 0.3) is 0 Å². The Labute approximate surface area is 266 Å². The summed E-state index contributed by atoms with van der Waals surface area (Å²) in [6.07, 6.45) is 9.97. The molecule has 20 nitrogen and oxygen atoms in total. The molecule has 0 atom stereocenters. The van der Waals surface area contributed by atoms with E-state index in [0.717, 1.165) is 11.3 Å². The van der Waals surface area contributed by atoms with Gasteiger partial charge in [0.1, 0.15) is 11.6 Å². The monoisotopic (exact) mass is 780 g/mol. The van der Waals surface area contributed by atoms with Gasteiger partial charge in [-0.15, -0.1) is 0 Å². The number of nitrogen functional groups attached to an aromatic ring is 1. The van der Waals surface area contributed by atoms with Gasteiger partial charge in [0.2, 0.25) is 5.51 Å². The average molecular weight is 781 g/mol. The molecule has 2 heterocycles. The molecule has 44 heavy (non-hydrogen) atoms. The maximum Gasteiger partial charge on any atom is 0.314 e. The van der Waals surface area contributed by atoms with E-state index in [2.05, 4.69) is 14.5 Å². The summed E-state index contributed by atoms with van der Waals surface area (Å²) in [6.45, 7) is 4.71. The van der Waals surface area contributed by atoms with Gasteiger partial charge in [-0.3, -0.25) is 22.8 Å². The second-order valence-electron chi connectivity index (χ2n) is 7.34. The Morgan fingerprint density at radius 2 is 1.11 bits per heavy atom. The fourth-order valence-electron chi connectivity index (χ4n) is 2.65. The molecule has 0 spiro atoms. The predicted molar refractivity (Wildman–Crippen MR) is 161 cm³/mol. The summed E-state index contributed by atoms with van der Waals surface area (Å²) in [6, 6.07) is 0. The van der Waals surface area contributed by atoms with Crippen molar-refractivity contribution in [2.75, 3.05) is 12.3 Å². The highest BCUT2D eigenvalue weighted by atomic mass is 35.5. The molecule has 0 saturated heterocycles. The van der Waals surface area contributed by atoms with Gasteiger partial charge in [0.25, 0.3) is 0 Å². The molecule has 0 unspecified atom stereocenters. The first kappa shape index (κ1) is 53.0. The van der Waals surface area contributed by atoms with Crippen molar-refractivity contribution in [1.82, 2.24) is 9.97 Å². The van der Waals surface area contributed by atoms with E-state index in [0.29, 0.717) is 24.6 Å². The van der Waals surface area contributed by atoms with Crippen molar-refractivity contribution < 1.29 is 93.8 Å². The number of rotatable bonds is 4. The average Bonchev–Trinajstić information content (AvgIpc) is 3.49. The van der Waals surface area contributed by atoms with Crippen molar-refractivity contribution >= 4 is 58.4 Å². The van der Waals surface area contributed by atoms with Crippen LogP contribution in [-0.2, 0) is 35.8 Å². The minimum atomic E-state index is -3.13. The number of anilines is 1. The molecule has 0 bridgehead atoms. The van der Waals surface area contributed by atoms with Gasteiger partial charge in [-0.1, -0.05) is 43.4 Å². The van der Waals surface area contributed by atoms with Crippen LogP contribution in [0.15, 0.2) is 11.7 Å². The minimum Gasteiger partial charge on any atom is -1.00 e. The number of hydrogen-bond donors (Lipinski definition) is 12. The molecular formula is C17H42ClN4O16P5S. The normalized spacial score (nSPS) is 11.1. The van der Waals surface area contributed by atoms with Crippen LogP contribution in [0.2, 0.25) is 0 Å². The number of nitrogens with zero attached hydrogens (tertiary/aromatic N) is 3. The highest BCUT2D eigenvalue weighted by Gasteiger charge is 2.17. The van der Waals surface area contributed by atoms with E-state index >= 15 is 0 Å². The van der Waals surface area contributed by atoms with Crippen molar-refractivity contribution in [2.24, 2.45) is 0 Å². The summed E-state index contributed by atoms with van der Waals surface area (Å²) in [4.78, 5) is 81.1. The highest BCUT2D eigenvalue weighted by Crippen LogP contribution is 2.15. The van der Waals surface area contributed by atoms with E-state index in [4.69, 9.17) is 82.6 Å². The lowest BCUT2D eigenvalue weighted by Gasteiger charge is -2.01. The fourth-order valence-corrected chi connectivity index (χ4v) is 3.63. The van der Waals surface area contributed by atoms with Gasteiger partial charge in [-0.05, 0) is 6.92 Å². The van der Waals surface area contributed by atoms with Crippen LogP contribution in [0.1, 0.15) is 54.1 Å². The van der Waals surface area contributed by atoms with E-state index in [-0.39, 0.29) is 19.0 Å². The third kappa shape index (κ3) is 48.4. The number of aliphatic hydroxyl groups excluding tert-OH is 1. The van der Waals surface area contributed by atoms with Gasteiger partial charge < -0.3 is 72.2 Å². The number of aliphatic hydroxyl groups is 1. The molecule has 0 amide bonds. The third-order valence-corrected chi connectivity index (χ3v) is 5.25. The Hall–Kier alpha value is -0.490. The molecule has 13 N–H and O–H groups in total. The lowest BCUT2D eigenvalue weighted by molar-refractivity contribution is -0.689. The van der Waals surface area contributed by atoms with Crippen LogP contribution >= 0.6 is 52.6 Å². The third-order valence-electron chi connectivity index (χ3n) is 4.10. The summed E-state index contributed by atoms with van der Waals surface area (Å²) in [5, 5.41) is 8.98. The van der Waals surface area contributed by atoms with E-state index in [1.807, 2.05) is 19.4 Å². The second-order valence-corrected chi connectivity index (χ2v) is 11.1. The van der Waals surface area contributed by atoms with Gasteiger partial charge in [0, 0.05) is 26.1 Å². The van der Waals surface area contributed by atoms with Gasteiger partial charge >= 0.3 is 41.3 Å². The predicted octanol–water partition coefficient (Wildman–Crippen LogP) is -3.63. The van der Waals surface area contributed by atoms with Crippen molar-refractivity contribution in [3.05, 3.63) is 33.7 Å². The Bertz CT molecular complexity index is 1020. The molecule has 2 aromatic rings. The molecule has 0 aromatic carbocycles. The maximum atomic E-state index is 8.98. The summed E-state index contributed by atoms with van der Waals surface area (Å²) in [7, 11) is -15.6. The van der Waals surface area contributed by atoms with Crippen molar-refractivity contribution in [3.63, 3.8) is 0 Å². The smallest absolute Gasteiger partial charge is 0.314 e. The maximum absolute atomic E-state index is 8.98. The van der Waals surface area contributed by atoms with Crippen LogP contribution in [0.3, 0.4) is 0 Å². The largest absolute Gasteiger partial charge is 1.00 e. The number of aryl methyl sites for hydroxylation is 1. The zero-order chi connectivity index (χ0) is 34.5. The Morgan fingerprint density at radius 1 is 0.773 bits per heavy atom. The summed E-state index contributed by atoms with van der Waals surface area (Å²) in [5.74, 6) is 1.22. The molecule has 0 radical (unpaired) electrons. The van der Waals surface area contributed by atoms with Crippen LogP contribution in [0.5, 0.6) is 0 Å². The Balaban J connectivity index is -0.000000160. The zero-order valence-corrected chi connectivity index (χ0v) is 30.0. The summed E-state index contributed by atoms with van der Waals surface area (Å²) < 4.78 is 45.8. The molecule has 1 aliphatic carbocycles. The standard InChI is InChI=1S/C12H17N4OS.C5H10.ClH.5H3O3P/c1-8-11(3-4-17)18-7-16(8)6-10-5-14-9(2)15-12(10)13;1-2-4-5-3-1;;5*1-4(2)3/h5,7,17H,3-4,6H2,1-2H3,(H2,13,14,15);1-5H2;1H;5*4H,(H2,1,2,3)/q+1;;;;;;;/p-1. The molecule has 3 rings (SSSR count). The van der Waals surface area contributed by atoms with Gasteiger partial charge in [-0.25, -0.2) is 9.97 Å². The lowest BCUT2D eigenvalue weighted by Crippen LogP contribution is -3.00. The number of nitrogens with two attached hydrogens (primary N) is 1. The molecule has 1 fully saturated rings. The topological polar surface area (TPSA) is 364 Å². The Kier molecular flexibility index (Phi) is 42.6. The molecule has 27 heteroatoms. The lowest BCUT2D eigenvalue weighted by atomic mass is 10.2. The number of aromatic nitrogens is 3. The van der Waals surface area contributed by atoms with Gasteiger partial charge in [0.15, 0.2) is 12.2 Å². The fraction of sp³-hybridized carbons (Fsp3) is 0.588. The minimum absolute atomic E-state index is 0. The molecular weight excluding hydrogens is 739 g/mol. The first-order valence-corrected chi connectivity index (χ1v) is 18.9. The zero-order valence-electron chi connectivity index (χ0n) is 23.5. The van der Waals surface area contributed by atoms with E-state index in [1.165, 1.54) is 37.0 Å². The Morgan fingerprint density at radius 3 is 1.41 bits per heavy atom. The molecule has 1 aliphatic rings. The van der Waals surface area contributed by atoms with Crippen LogP contribution in [-0.4, -0.2) is 70.6 Å². The van der Waals surface area contributed by atoms with Crippen molar-refractivity contribution in [3.8, 4) is 0 Å². The summed E-state index contributed by atoms with van der Waals surface area (Å²) >= 11 is 1.65. The molecule has 2 aromatic heterocycles. The van der Waals surface area contributed by atoms with E-state index < -0.39 is 41.3 Å². The summed E-state index contributed by atoms with van der Waals surface area (Å²) in [5.41, 5.74) is 10.0. The van der Waals surface area contributed by atoms with E-state index in [9.17, 15) is 0 Å². The second kappa shape index (κ2) is 35.4. The number of halogens is 1. The van der Waals surface area contributed by atoms with Gasteiger partial charge in [0.05, 0.1) is 10.4 Å². The molecule has 0 aliphatic heterocycles. The first-order chi connectivity index (χ1) is 19.8. The quantitative estimate of drug-likeness (QED) is 0.105.